The molecule has 2 N–H and O–H groups in total. The van der Waals surface area contributed by atoms with Crippen LogP contribution in [-0.2, 0) is 0 Å². The minimum absolute atomic E-state index is 0.120. The van der Waals surface area contributed by atoms with Crippen LogP contribution in [0.3, 0.4) is 0 Å². The number of methoxy groups -OCH3 is 1. The molecule has 0 aliphatic heterocycles. The monoisotopic (exact) mass is 264 g/mol. The van der Waals surface area contributed by atoms with Gasteiger partial charge in [0.2, 0.25) is 0 Å². The summed E-state index contributed by atoms with van der Waals surface area (Å²) in [5.41, 5.74) is 6.23. The van der Waals surface area contributed by atoms with Gasteiger partial charge >= 0.3 is 0 Å². The van der Waals surface area contributed by atoms with Gasteiger partial charge in [-0.2, -0.15) is 0 Å². The van der Waals surface area contributed by atoms with Crippen molar-refractivity contribution in [1.82, 2.24) is 4.98 Å². The maximum Gasteiger partial charge on any atom is 0.164 e. The number of aromatic nitrogens is 1. The summed E-state index contributed by atoms with van der Waals surface area (Å²) in [6, 6.07) is 1.74. The van der Waals surface area contributed by atoms with E-state index in [0.29, 0.717) is 36.1 Å². The lowest BCUT2D eigenvalue weighted by Gasteiger charge is -2.19. The zero-order valence-electron chi connectivity index (χ0n) is 12.1. The Morgan fingerprint density at radius 3 is 2.68 bits per heavy atom. The number of Topliss-reactive ketones (excluding diaryl/α,β-unsaturated/α-hetero) is 1. The van der Waals surface area contributed by atoms with Gasteiger partial charge in [-0.15, -0.1) is 0 Å². The molecule has 0 bridgehead atoms. The van der Waals surface area contributed by atoms with Gasteiger partial charge in [0, 0.05) is 18.2 Å². The molecule has 1 atom stereocenters. The second-order valence-corrected chi connectivity index (χ2v) is 5.16. The van der Waals surface area contributed by atoms with Crippen LogP contribution in [0.2, 0.25) is 0 Å². The van der Waals surface area contributed by atoms with Gasteiger partial charge in [-0.05, 0) is 37.3 Å². The predicted octanol–water partition coefficient (Wildman–Crippen LogP) is 2.67. The van der Waals surface area contributed by atoms with Gasteiger partial charge in [0.1, 0.15) is 5.75 Å². The minimum Gasteiger partial charge on any atom is -0.495 e. The number of ketones is 1. The third-order valence-corrected chi connectivity index (χ3v) is 3.49. The molecule has 0 spiro atoms. The molecule has 19 heavy (non-hydrogen) atoms. The van der Waals surface area contributed by atoms with Crippen LogP contribution < -0.4 is 10.5 Å². The van der Waals surface area contributed by atoms with Crippen molar-refractivity contribution < 1.29 is 9.53 Å². The normalized spacial score (nSPS) is 12.5. The Bertz CT molecular complexity index is 405. The number of carbonyl (C=O) groups is 1. The third kappa shape index (κ3) is 4.99. The highest BCUT2D eigenvalue weighted by atomic mass is 16.5. The number of rotatable bonds is 8. The molecule has 0 aromatic carbocycles. The van der Waals surface area contributed by atoms with Gasteiger partial charge in [0.15, 0.2) is 5.78 Å². The highest BCUT2D eigenvalue weighted by Crippen LogP contribution is 2.22. The van der Waals surface area contributed by atoms with Crippen molar-refractivity contribution in [1.29, 1.82) is 0 Å². The van der Waals surface area contributed by atoms with Crippen LogP contribution in [0.15, 0.2) is 18.5 Å². The Morgan fingerprint density at radius 2 is 2.11 bits per heavy atom. The largest absolute Gasteiger partial charge is 0.495 e. The van der Waals surface area contributed by atoms with E-state index in [-0.39, 0.29) is 5.78 Å². The van der Waals surface area contributed by atoms with E-state index in [1.54, 1.807) is 25.6 Å². The standard InChI is InChI=1S/C15H24N2O2/c1-11(2)12(6-7-16)4-5-15(18)13-8-14(19-3)10-17-9-13/h8-12H,4-7,16H2,1-3H3. The summed E-state index contributed by atoms with van der Waals surface area (Å²) in [4.78, 5) is 16.1. The zero-order chi connectivity index (χ0) is 14.3. The van der Waals surface area contributed by atoms with E-state index in [9.17, 15) is 4.79 Å². The number of nitrogens with zero attached hydrogens (tertiary/aromatic N) is 1. The maximum atomic E-state index is 12.1. The van der Waals surface area contributed by atoms with Crippen molar-refractivity contribution in [2.75, 3.05) is 13.7 Å². The van der Waals surface area contributed by atoms with Crippen molar-refractivity contribution in [3.63, 3.8) is 0 Å². The first kappa shape index (κ1) is 15.6. The van der Waals surface area contributed by atoms with Crippen LogP contribution in [0.1, 0.15) is 43.5 Å². The average Bonchev–Trinajstić information content (AvgIpc) is 2.42. The average molecular weight is 264 g/mol. The highest BCUT2D eigenvalue weighted by molar-refractivity contribution is 5.96. The molecule has 1 aromatic heterocycles. The lowest BCUT2D eigenvalue weighted by atomic mass is 9.87. The molecule has 1 rings (SSSR count). The summed E-state index contributed by atoms with van der Waals surface area (Å²) in [6.07, 6.45) is 5.59. The first-order chi connectivity index (χ1) is 9.08. The number of pyridine rings is 1. The molecule has 0 aliphatic rings. The van der Waals surface area contributed by atoms with Gasteiger partial charge in [-0.3, -0.25) is 9.78 Å². The molecule has 0 amide bonds. The smallest absolute Gasteiger partial charge is 0.164 e. The molecule has 0 aliphatic carbocycles. The number of nitrogens with two attached hydrogens (primary N) is 1. The minimum atomic E-state index is 0.120. The fourth-order valence-electron chi connectivity index (χ4n) is 2.17. The fraction of sp³-hybridized carbons (Fsp3) is 0.600. The summed E-state index contributed by atoms with van der Waals surface area (Å²) in [5, 5.41) is 0. The lowest BCUT2D eigenvalue weighted by Crippen LogP contribution is -2.16. The van der Waals surface area contributed by atoms with Gasteiger partial charge < -0.3 is 10.5 Å². The second-order valence-electron chi connectivity index (χ2n) is 5.16. The summed E-state index contributed by atoms with van der Waals surface area (Å²) in [6.45, 7) is 5.04. The Labute approximate surface area is 115 Å². The molecule has 4 nitrogen and oxygen atoms in total. The molecule has 1 heterocycles. The van der Waals surface area contributed by atoms with Gasteiger partial charge in [-0.25, -0.2) is 0 Å². The van der Waals surface area contributed by atoms with E-state index in [4.69, 9.17) is 10.5 Å². The molecule has 0 fully saturated rings. The quantitative estimate of drug-likeness (QED) is 0.733. The van der Waals surface area contributed by atoms with Crippen molar-refractivity contribution in [2.45, 2.75) is 33.1 Å². The molecule has 0 radical (unpaired) electrons. The van der Waals surface area contributed by atoms with E-state index in [1.807, 2.05) is 0 Å². The molecule has 0 saturated carbocycles. The third-order valence-electron chi connectivity index (χ3n) is 3.49. The fourth-order valence-corrected chi connectivity index (χ4v) is 2.17. The second kappa shape index (κ2) is 7.89. The molecular formula is C15H24N2O2. The Kier molecular flexibility index (Phi) is 6.50. The lowest BCUT2D eigenvalue weighted by molar-refractivity contribution is 0.0968. The van der Waals surface area contributed by atoms with Crippen LogP contribution in [0.4, 0.5) is 0 Å². The van der Waals surface area contributed by atoms with Gasteiger partial charge in [0.05, 0.1) is 13.3 Å². The van der Waals surface area contributed by atoms with E-state index in [2.05, 4.69) is 18.8 Å². The SMILES string of the molecule is COc1cncc(C(=O)CCC(CCN)C(C)C)c1. The zero-order valence-corrected chi connectivity index (χ0v) is 12.1. The van der Waals surface area contributed by atoms with E-state index >= 15 is 0 Å². The number of hydrogen-bond acceptors (Lipinski definition) is 4. The first-order valence-corrected chi connectivity index (χ1v) is 6.80. The molecule has 1 aromatic rings. The van der Waals surface area contributed by atoms with Crippen LogP contribution in [-0.4, -0.2) is 24.4 Å². The van der Waals surface area contributed by atoms with E-state index in [0.717, 1.165) is 12.8 Å². The van der Waals surface area contributed by atoms with Crippen molar-refractivity contribution in [3.05, 3.63) is 24.0 Å². The summed E-state index contributed by atoms with van der Waals surface area (Å²) in [7, 11) is 1.57. The highest BCUT2D eigenvalue weighted by Gasteiger charge is 2.15. The van der Waals surface area contributed by atoms with Crippen LogP contribution in [0.5, 0.6) is 5.75 Å². The van der Waals surface area contributed by atoms with Crippen LogP contribution in [0, 0.1) is 11.8 Å². The van der Waals surface area contributed by atoms with Crippen LogP contribution >= 0.6 is 0 Å². The summed E-state index contributed by atoms with van der Waals surface area (Å²) < 4.78 is 5.08. The number of ether oxygens (including phenoxy) is 1. The topological polar surface area (TPSA) is 65.2 Å². The first-order valence-electron chi connectivity index (χ1n) is 6.80. The van der Waals surface area contributed by atoms with Gasteiger partial charge in [0.25, 0.3) is 0 Å². The molecule has 1 unspecified atom stereocenters. The number of carbonyl (C=O) groups excluding carboxylic acids is 1. The van der Waals surface area contributed by atoms with Gasteiger partial charge in [-0.1, -0.05) is 13.8 Å². The van der Waals surface area contributed by atoms with E-state index in [1.165, 1.54) is 0 Å². The van der Waals surface area contributed by atoms with Crippen LogP contribution in [0.25, 0.3) is 0 Å². The Hall–Kier alpha value is -1.42. The molecule has 106 valence electrons. The van der Waals surface area contributed by atoms with Crippen molar-refractivity contribution in [2.24, 2.45) is 17.6 Å². The summed E-state index contributed by atoms with van der Waals surface area (Å²) in [5.74, 6) is 1.80. The predicted molar refractivity (Wildman–Crippen MR) is 76.4 cm³/mol. The Balaban J connectivity index is 2.58. The maximum absolute atomic E-state index is 12.1. The Morgan fingerprint density at radius 1 is 1.37 bits per heavy atom. The summed E-state index contributed by atoms with van der Waals surface area (Å²) >= 11 is 0. The number of hydrogen-bond donors (Lipinski definition) is 1. The van der Waals surface area contributed by atoms with Crippen molar-refractivity contribution >= 4 is 5.78 Å². The molecule has 4 heteroatoms. The molecule has 0 saturated heterocycles. The van der Waals surface area contributed by atoms with Crippen molar-refractivity contribution in [3.8, 4) is 5.75 Å². The van der Waals surface area contributed by atoms with E-state index < -0.39 is 0 Å². The molecular weight excluding hydrogens is 240 g/mol.